The van der Waals surface area contributed by atoms with Gasteiger partial charge in [-0.1, -0.05) is 31.2 Å². The van der Waals surface area contributed by atoms with E-state index < -0.39 is 11.9 Å². The molecule has 23 heavy (non-hydrogen) atoms. The number of amides is 2. The molecule has 0 aliphatic carbocycles. The molecule has 2 rings (SSSR count). The minimum absolute atomic E-state index is 0.0679. The number of carbonyl (C=O) groups is 3. The second-order valence-electron chi connectivity index (χ2n) is 5.63. The van der Waals surface area contributed by atoms with E-state index in [1.165, 1.54) is 18.7 Å². The third-order valence-electron chi connectivity index (χ3n) is 3.87. The first kappa shape index (κ1) is 16.7. The summed E-state index contributed by atoms with van der Waals surface area (Å²) in [6, 6.07) is 7.22. The molecule has 0 aromatic heterocycles. The van der Waals surface area contributed by atoms with E-state index in [-0.39, 0.29) is 30.8 Å². The van der Waals surface area contributed by atoms with Gasteiger partial charge in [0.05, 0.1) is 18.4 Å². The van der Waals surface area contributed by atoms with E-state index in [2.05, 4.69) is 5.32 Å². The van der Waals surface area contributed by atoms with Crippen molar-refractivity contribution in [3.8, 4) is 0 Å². The Balaban J connectivity index is 2.12. The van der Waals surface area contributed by atoms with Crippen LogP contribution in [0.3, 0.4) is 0 Å². The molecule has 6 nitrogen and oxygen atoms in total. The molecule has 0 fully saturated rings. The van der Waals surface area contributed by atoms with Crippen molar-refractivity contribution in [3.05, 3.63) is 41.6 Å². The molecule has 0 bridgehead atoms. The zero-order valence-corrected chi connectivity index (χ0v) is 13.2. The van der Waals surface area contributed by atoms with E-state index in [1.807, 2.05) is 30.3 Å². The lowest BCUT2D eigenvalue weighted by Gasteiger charge is -2.32. The van der Waals surface area contributed by atoms with Crippen LogP contribution >= 0.6 is 0 Å². The Kier molecular flexibility index (Phi) is 5.16. The van der Waals surface area contributed by atoms with Gasteiger partial charge in [-0.05, 0) is 17.2 Å². The molecule has 1 aliphatic rings. The molecule has 2 N–H and O–H groups in total. The van der Waals surface area contributed by atoms with Gasteiger partial charge in [0, 0.05) is 19.7 Å². The summed E-state index contributed by atoms with van der Waals surface area (Å²) in [5, 5.41) is 11.5. The minimum Gasteiger partial charge on any atom is -0.481 e. The van der Waals surface area contributed by atoms with Crippen molar-refractivity contribution in [1.82, 2.24) is 10.2 Å². The predicted octanol–water partition coefficient (Wildman–Crippen LogP) is 1.79. The second kappa shape index (κ2) is 7.09. The van der Waals surface area contributed by atoms with E-state index in [1.54, 1.807) is 6.20 Å². The van der Waals surface area contributed by atoms with Crippen molar-refractivity contribution < 1.29 is 19.5 Å². The fourth-order valence-corrected chi connectivity index (χ4v) is 2.52. The molecule has 0 spiro atoms. The Bertz CT molecular complexity index is 654. The molecule has 0 radical (unpaired) electrons. The van der Waals surface area contributed by atoms with E-state index in [0.717, 1.165) is 11.1 Å². The highest BCUT2D eigenvalue weighted by atomic mass is 16.4. The summed E-state index contributed by atoms with van der Waals surface area (Å²) in [4.78, 5) is 36.3. The molecule has 6 heteroatoms. The van der Waals surface area contributed by atoms with Crippen LogP contribution in [0, 0.1) is 5.92 Å². The average Bonchev–Trinajstić information content (AvgIpc) is 2.52. The third-order valence-corrected chi connectivity index (χ3v) is 3.87. The average molecular weight is 316 g/mol. The van der Waals surface area contributed by atoms with E-state index in [9.17, 15) is 14.4 Å². The number of carboxylic acid groups (broad SMARTS) is 1. The molecular weight excluding hydrogens is 296 g/mol. The number of aliphatic carboxylic acids is 1. The van der Waals surface area contributed by atoms with Gasteiger partial charge in [-0.25, -0.2) is 0 Å². The third kappa shape index (κ3) is 3.97. The van der Waals surface area contributed by atoms with Crippen molar-refractivity contribution in [2.75, 3.05) is 6.54 Å². The predicted molar refractivity (Wildman–Crippen MR) is 85.2 cm³/mol. The highest BCUT2D eigenvalue weighted by Gasteiger charge is 2.28. The SMILES string of the molecule is CC(=O)N1C=Cc2ccccc2C1CC(=O)NCC(C)C(=O)O. The summed E-state index contributed by atoms with van der Waals surface area (Å²) >= 11 is 0. The van der Waals surface area contributed by atoms with Crippen molar-refractivity contribution in [1.29, 1.82) is 0 Å². The number of rotatable bonds is 5. The monoisotopic (exact) mass is 316 g/mol. The zero-order chi connectivity index (χ0) is 17.0. The summed E-state index contributed by atoms with van der Waals surface area (Å²) in [6.45, 7) is 3.05. The smallest absolute Gasteiger partial charge is 0.308 e. The van der Waals surface area contributed by atoms with Gasteiger partial charge in [-0.15, -0.1) is 0 Å². The largest absolute Gasteiger partial charge is 0.481 e. The first-order valence-electron chi connectivity index (χ1n) is 7.45. The lowest BCUT2D eigenvalue weighted by atomic mass is 9.93. The second-order valence-corrected chi connectivity index (χ2v) is 5.63. The number of hydrogen-bond acceptors (Lipinski definition) is 3. The molecule has 1 aromatic carbocycles. The topological polar surface area (TPSA) is 86.7 Å². The van der Waals surface area contributed by atoms with E-state index >= 15 is 0 Å². The Morgan fingerprint density at radius 2 is 2.00 bits per heavy atom. The van der Waals surface area contributed by atoms with Crippen LogP contribution in [0.5, 0.6) is 0 Å². The fourth-order valence-electron chi connectivity index (χ4n) is 2.52. The molecule has 1 aliphatic heterocycles. The molecular formula is C17H20N2O4. The number of hydrogen-bond donors (Lipinski definition) is 2. The van der Waals surface area contributed by atoms with Gasteiger partial charge in [-0.3, -0.25) is 14.4 Å². The van der Waals surface area contributed by atoms with Crippen molar-refractivity contribution in [2.24, 2.45) is 5.92 Å². The highest BCUT2D eigenvalue weighted by Crippen LogP contribution is 2.32. The molecule has 2 atom stereocenters. The van der Waals surface area contributed by atoms with Gasteiger partial charge in [0.25, 0.3) is 0 Å². The number of carbonyl (C=O) groups excluding carboxylic acids is 2. The van der Waals surface area contributed by atoms with Gasteiger partial charge in [0.2, 0.25) is 11.8 Å². The molecule has 122 valence electrons. The van der Waals surface area contributed by atoms with Crippen LogP contribution in [0.4, 0.5) is 0 Å². The lowest BCUT2D eigenvalue weighted by molar-refractivity contribution is -0.141. The first-order valence-corrected chi connectivity index (χ1v) is 7.45. The summed E-state index contributed by atoms with van der Waals surface area (Å²) < 4.78 is 0. The summed E-state index contributed by atoms with van der Waals surface area (Å²) in [7, 11) is 0. The maximum Gasteiger partial charge on any atom is 0.308 e. The fraction of sp³-hybridized carbons (Fsp3) is 0.353. The van der Waals surface area contributed by atoms with Crippen LogP contribution in [0.15, 0.2) is 30.5 Å². The Morgan fingerprint density at radius 3 is 2.65 bits per heavy atom. The van der Waals surface area contributed by atoms with Gasteiger partial charge < -0.3 is 15.3 Å². The highest BCUT2D eigenvalue weighted by molar-refractivity contribution is 5.82. The number of fused-ring (bicyclic) bond motifs is 1. The van der Waals surface area contributed by atoms with Gasteiger partial charge >= 0.3 is 5.97 Å². The zero-order valence-electron chi connectivity index (χ0n) is 13.2. The molecule has 0 saturated carbocycles. The number of nitrogens with one attached hydrogen (secondary N) is 1. The molecule has 2 unspecified atom stereocenters. The van der Waals surface area contributed by atoms with Gasteiger partial charge in [0.1, 0.15) is 0 Å². The maximum atomic E-state index is 12.2. The summed E-state index contributed by atoms with van der Waals surface area (Å²) in [5.41, 5.74) is 1.88. The van der Waals surface area contributed by atoms with Crippen LogP contribution < -0.4 is 5.32 Å². The van der Waals surface area contributed by atoms with Crippen LogP contribution in [0.1, 0.15) is 37.4 Å². The van der Waals surface area contributed by atoms with Crippen LogP contribution in [0.25, 0.3) is 6.08 Å². The van der Waals surface area contributed by atoms with Crippen molar-refractivity contribution >= 4 is 23.9 Å². The lowest BCUT2D eigenvalue weighted by Crippen LogP contribution is -2.37. The molecule has 2 amide bonds. The van der Waals surface area contributed by atoms with Crippen molar-refractivity contribution in [2.45, 2.75) is 26.3 Å². The van der Waals surface area contributed by atoms with Crippen molar-refractivity contribution in [3.63, 3.8) is 0 Å². The van der Waals surface area contributed by atoms with E-state index in [0.29, 0.717) is 0 Å². The van der Waals surface area contributed by atoms with Gasteiger partial charge in [-0.2, -0.15) is 0 Å². The normalized spacial score (nSPS) is 17.3. The van der Waals surface area contributed by atoms with Crippen LogP contribution in [-0.4, -0.2) is 34.3 Å². The Labute approximate surface area is 134 Å². The Hall–Kier alpha value is -2.63. The number of benzene rings is 1. The standard InChI is InChI=1S/C17H20N2O4/c1-11(17(22)23)10-18-16(21)9-15-14-6-4-3-5-13(14)7-8-19(15)12(2)20/h3-8,11,15H,9-10H2,1-2H3,(H,18,21)(H,22,23). The van der Waals surface area contributed by atoms with Crippen LogP contribution in [-0.2, 0) is 14.4 Å². The summed E-state index contributed by atoms with van der Waals surface area (Å²) in [5.74, 6) is -2.03. The van der Waals surface area contributed by atoms with E-state index in [4.69, 9.17) is 5.11 Å². The minimum atomic E-state index is -0.957. The summed E-state index contributed by atoms with van der Waals surface area (Å²) in [6.07, 6.45) is 3.62. The Morgan fingerprint density at radius 1 is 1.30 bits per heavy atom. The maximum absolute atomic E-state index is 12.2. The van der Waals surface area contributed by atoms with Crippen LogP contribution in [0.2, 0.25) is 0 Å². The molecule has 1 aromatic rings. The molecule has 1 heterocycles. The number of nitrogens with zero attached hydrogens (tertiary/aromatic N) is 1. The van der Waals surface area contributed by atoms with Gasteiger partial charge in [0.15, 0.2) is 0 Å². The quantitative estimate of drug-likeness (QED) is 0.867. The molecule has 0 saturated heterocycles. The first-order chi connectivity index (χ1) is 10.9. The number of carboxylic acids is 1.